The second-order valence-corrected chi connectivity index (χ2v) is 6.99. The molecule has 1 N–H and O–H groups in total. The standard InChI is InChI=1S/C19H20Cl2N2O/c20-16-5-3-4-14(12-16)13-23-10-8-15(9-11-23)19(24)22-18-7-2-1-6-17(18)21/h1-7,12,15H,8-11,13H2,(H,22,24). The van der Waals surface area contributed by atoms with Crippen LogP contribution in [0.3, 0.4) is 0 Å². The fraction of sp³-hybridized carbons (Fsp3) is 0.316. The number of hydrogen-bond donors (Lipinski definition) is 1. The molecule has 0 aliphatic carbocycles. The minimum absolute atomic E-state index is 0.0388. The van der Waals surface area contributed by atoms with Gasteiger partial charge in [-0.3, -0.25) is 9.69 Å². The van der Waals surface area contributed by atoms with Crippen LogP contribution in [-0.2, 0) is 11.3 Å². The van der Waals surface area contributed by atoms with E-state index in [4.69, 9.17) is 23.2 Å². The number of benzene rings is 2. The Morgan fingerprint density at radius 2 is 1.83 bits per heavy atom. The van der Waals surface area contributed by atoms with Crippen LogP contribution in [-0.4, -0.2) is 23.9 Å². The molecule has 0 bridgehead atoms. The molecule has 24 heavy (non-hydrogen) atoms. The smallest absolute Gasteiger partial charge is 0.227 e. The van der Waals surface area contributed by atoms with Gasteiger partial charge in [-0.15, -0.1) is 0 Å². The van der Waals surface area contributed by atoms with Crippen LogP contribution in [0.25, 0.3) is 0 Å². The summed E-state index contributed by atoms with van der Waals surface area (Å²) in [5, 5.41) is 4.28. The van der Waals surface area contributed by atoms with Gasteiger partial charge in [-0.05, 0) is 55.8 Å². The van der Waals surface area contributed by atoms with Gasteiger partial charge in [0, 0.05) is 17.5 Å². The largest absolute Gasteiger partial charge is 0.325 e. The van der Waals surface area contributed by atoms with Crippen molar-refractivity contribution in [1.82, 2.24) is 4.90 Å². The van der Waals surface area contributed by atoms with Gasteiger partial charge in [0.15, 0.2) is 0 Å². The zero-order valence-electron chi connectivity index (χ0n) is 13.3. The lowest BCUT2D eigenvalue weighted by atomic mass is 9.95. The number of hydrogen-bond acceptors (Lipinski definition) is 2. The molecule has 0 atom stereocenters. The van der Waals surface area contributed by atoms with E-state index in [9.17, 15) is 4.79 Å². The van der Waals surface area contributed by atoms with Crippen LogP contribution in [0.5, 0.6) is 0 Å². The third-order valence-electron chi connectivity index (χ3n) is 4.39. The van der Waals surface area contributed by atoms with E-state index in [0.717, 1.165) is 37.5 Å². The van der Waals surface area contributed by atoms with Crippen LogP contribution in [0.15, 0.2) is 48.5 Å². The molecule has 0 radical (unpaired) electrons. The highest BCUT2D eigenvalue weighted by molar-refractivity contribution is 6.33. The van der Waals surface area contributed by atoms with Gasteiger partial charge in [0.05, 0.1) is 10.7 Å². The molecule has 2 aromatic carbocycles. The highest BCUT2D eigenvalue weighted by Gasteiger charge is 2.25. The van der Waals surface area contributed by atoms with Crippen molar-refractivity contribution in [3.63, 3.8) is 0 Å². The first kappa shape index (κ1) is 17.3. The van der Waals surface area contributed by atoms with Gasteiger partial charge < -0.3 is 5.32 Å². The molecule has 0 spiro atoms. The van der Waals surface area contributed by atoms with E-state index in [0.29, 0.717) is 10.7 Å². The highest BCUT2D eigenvalue weighted by Crippen LogP contribution is 2.24. The molecule has 3 nitrogen and oxygen atoms in total. The van der Waals surface area contributed by atoms with Crippen LogP contribution in [0.2, 0.25) is 10.0 Å². The number of nitrogens with zero attached hydrogens (tertiary/aromatic N) is 1. The first-order chi connectivity index (χ1) is 11.6. The number of anilines is 1. The summed E-state index contributed by atoms with van der Waals surface area (Å²) in [5.41, 5.74) is 1.90. The monoisotopic (exact) mass is 362 g/mol. The molecule has 0 unspecified atom stereocenters. The first-order valence-corrected chi connectivity index (χ1v) is 8.89. The van der Waals surface area contributed by atoms with Gasteiger partial charge in [0.25, 0.3) is 0 Å². The van der Waals surface area contributed by atoms with E-state index in [1.54, 1.807) is 6.07 Å². The number of nitrogens with one attached hydrogen (secondary N) is 1. The number of amides is 1. The molecule has 1 aliphatic rings. The number of likely N-dealkylation sites (tertiary alicyclic amines) is 1. The fourth-order valence-corrected chi connectivity index (χ4v) is 3.44. The normalized spacial score (nSPS) is 16.1. The Bertz CT molecular complexity index is 712. The van der Waals surface area contributed by atoms with Gasteiger partial charge >= 0.3 is 0 Å². The van der Waals surface area contributed by atoms with E-state index < -0.39 is 0 Å². The quantitative estimate of drug-likeness (QED) is 0.843. The lowest BCUT2D eigenvalue weighted by Gasteiger charge is -2.31. The van der Waals surface area contributed by atoms with E-state index in [1.807, 2.05) is 36.4 Å². The first-order valence-electron chi connectivity index (χ1n) is 8.14. The van der Waals surface area contributed by atoms with Crippen molar-refractivity contribution in [1.29, 1.82) is 0 Å². The number of carbonyl (C=O) groups is 1. The third-order valence-corrected chi connectivity index (χ3v) is 4.95. The minimum Gasteiger partial charge on any atom is -0.325 e. The average molecular weight is 363 g/mol. The maximum atomic E-state index is 12.4. The summed E-state index contributed by atoms with van der Waals surface area (Å²) in [6.45, 7) is 2.69. The molecule has 1 fully saturated rings. The van der Waals surface area contributed by atoms with Gasteiger partial charge in [-0.25, -0.2) is 0 Å². The van der Waals surface area contributed by atoms with Crippen LogP contribution in [0.1, 0.15) is 18.4 Å². The number of para-hydroxylation sites is 1. The zero-order valence-corrected chi connectivity index (χ0v) is 14.9. The lowest BCUT2D eigenvalue weighted by molar-refractivity contribution is -0.121. The fourth-order valence-electron chi connectivity index (χ4n) is 3.04. The molecular weight excluding hydrogens is 343 g/mol. The van der Waals surface area contributed by atoms with Crippen LogP contribution < -0.4 is 5.32 Å². The Hall–Kier alpha value is -1.55. The van der Waals surface area contributed by atoms with Gasteiger partial charge in [0.1, 0.15) is 0 Å². The molecule has 1 heterocycles. The molecule has 5 heteroatoms. The van der Waals surface area contributed by atoms with Crippen LogP contribution in [0, 0.1) is 5.92 Å². The Labute approximate surface area is 152 Å². The number of piperidine rings is 1. The topological polar surface area (TPSA) is 32.3 Å². The Morgan fingerprint density at radius 3 is 2.54 bits per heavy atom. The molecule has 1 aliphatic heterocycles. The van der Waals surface area contributed by atoms with Crippen molar-refractivity contribution in [3.8, 4) is 0 Å². The lowest BCUT2D eigenvalue weighted by Crippen LogP contribution is -2.37. The molecule has 2 aromatic rings. The molecule has 3 rings (SSSR count). The Kier molecular flexibility index (Phi) is 5.77. The summed E-state index contributed by atoms with van der Waals surface area (Å²) >= 11 is 12.1. The predicted molar refractivity (Wildman–Crippen MR) is 99.5 cm³/mol. The summed E-state index contributed by atoms with van der Waals surface area (Å²) in [6, 6.07) is 15.3. The van der Waals surface area contributed by atoms with Gasteiger partial charge in [0.2, 0.25) is 5.91 Å². The van der Waals surface area contributed by atoms with E-state index >= 15 is 0 Å². The second-order valence-electron chi connectivity index (χ2n) is 6.15. The van der Waals surface area contributed by atoms with Crippen LogP contribution in [0.4, 0.5) is 5.69 Å². The summed E-state index contributed by atoms with van der Waals surface area (Å²) in [7, 11) is 0. The summed E-state index contributed by atoms with van der Waals surface area (Å²) in [5.74, 6) is 0.0994. The van der Waals surface area contributed by atoms with Crippen molar-refractivity contribution in [2.45, 2.75) is 19.4 Å². The third kappa shape index (κ3) is 4.50. The molecule has 126 valence electrons. The molecule has 1 saturated heterocycles. The maximum Gasteiger partial charge on any atom is 0.227 e. The summed E-state index contributed by atoms with van der Waals surface area (Å²) in [4.78, 5) is 14.8. The highest BCUT2D eigenvalue weighted by atomic mass is 35.5. The second kappa shape index (κ2) is 8.02. The zero-order chi connectivity index (χ0) is 16.9. The number of carbonyl (C=O) groups excluding carboxylic acids is 1. The van der Waals surface area contributed by atoms with Crippen molar-refractivity contribution in [3.05, 3.63) is 64.1 Å². The maximum absolute atomic E-state index is 12.4. The van der Waals surface area contributed by atoms with Crippen molar-refractivity contribution < 1.29 is 4.79 Å². The van der Waals surface area contributed by atoms with Crippen molar-refractivity contribution in [2.75, 3.05) is 18.4 Å². The Morgan fingerprint density at radius 1 is 1.08 bits per heavy atom. The Balaban J connectivity index is 1.51. The van der Waals surface area contributed by atoms with Gasteiger partial charge in [-0.1, -0.05) is 47.5 Å². The van der Waals surface area contributed by atoms with Crippen LogP contribution >= 0.6 is 23.2 Å². The molecule has 1 amide bonds. The average Bonchev–Trinajstić information content (AvgIpc) is 2.57. The molecular formula is C19H20Cl2N2O. The predicted octanol–water partition coefficient (Wildman–Crippen LogP) is 4.84. The summed E-state index contributed by atoms with van der Waals surface area (Å²) in [6.07, 6.45) is 1.72. The number of halogens is 2. The van der Waals surface area contributed by atoms with Crippen molar-refractivity contribution >= 4 is 34.8 Å². The van der Waals surface area contributed by atoms with E-state index in [2.05, 4.69) is 16.3 Å². The van der Waals surface area contributed by atoms with Crippen molar-refractivity contribution in [2.24, 2.45) is 5.92 Å². The number of rotatable bonds is 4. The molecule has 0 saturated carbocycles. The summed E-state index contributed by atoms with van der Waals surface area (Å²) < 4.78 is 0. The van der Waals surface area contributed by atoms with E-state index in [-0.39, 0.29) is 11.8 Å². The van der Waals surface area contributed by atoms with E-state index in [1.165, 1.54) is 5.56 Å². The SMILES string of the molecule is O=C(Nc1ccccc1Cl)C1CCN(Cc2cccc(Cl)c2)CC1. The van der Waals surface area contributed by atoms with Gasteiger partial charge in [-0.2, -0.15) is 0 Å². The molecule has 0 aromatic heterocycles. The minimum atomic E-state index is 0.0388.